The molecule has 18 heavy (non-hydrogen) atoms. The fourth-order valence-corrected chi connectivity index (χ4v) is 2.88. The number of carbonyl (C=O) groups excluding carboxylic acids is 1. The van der Waals surface area contributed by atoms with Gasteiger partial charge in [0, 0.05) is 18.5 Å². The van der Waals surface area contributed by atoms with Crippen LogP contribution in [0.2, 0.25) is 0 Å². The van der Waals surface area contributed by atoms with E-state index in [4.69, 9.17) is 11.6 Å². The van der Waals surface area contributed by atoms with Crippen LogP contribution in [-0.4, -0.2) is 29.3 Å². The second kappa shape index (κ2) is 6.79. The van der Waals surface area contributed by atoms with Gasteiger partial charge in [-0.15, -0.1) is 11.6 Å². The lowest BCUT2D eigenvalue weighted by Gasteiger charge is -2.35. The van der Waals surface area contributed by atoms with E-state index in [0.29, 0.717) is 18.3 Å². The number of likely N-dealkylation sites (tertiary alicyclic amines) is 1. The molecule has 2 nitrogen and oxygen atoms in total. The third-order valence-corrected chi connectivity index (χ3v) is 3.81. The van der Waals surface area contributed by atoms with Crippen molar-refractivity contribution in [1.29, 1.82) is 0 Å². The summed E-state index contributed by atoms with van der Waals surface area (Å²) >= 11 is 5.83. The molecule has 1 aromatic carbocycles. The minimum absolute atomic E-state index is 0.246. The molecule has 1 fully saturated rings. The van der Waals surface area contributed by atoms with Gasteiger partial charge in [0.25, 0.3) is 0 Å². The van der Waals surface area contributed by atoms with E-state index in [1.165, 1.54) is 6.42 Å². The SMILES string of the molecule is O=C(Cc1ccccc1)N1CCCCC1CCCl. The highest BCUT2D eigenvalue weighted by Gasteiger charge is 2.25. The summed E-state index contributed by atoms with van der Waals surface area (Å²) in [5.41, 5.74) is 1.10. The molecule has 1 aromatic rings. The Morgan fingerprint density at radius 2 is 2.06 bits per heavy atom. The minimum Gasteiger partial charge on any atom is -0.339 e. The monoisotopic (exact) mass is 265 g/mol. The smallest absolute Gasteiger partial charge is 0.227 e. The van der Waals surface area contributed by atoms with Crippen molar-refractivity contribution in [3.63, 3.8) is 0 Å². The molecule has 1 atom stereocenters. The highest BCUT2D eigenvalue weighted by molar-refractivity contribution is 6.17. The molecule has 1 heterocycles. The summed E-state index contributed by atoms with van der Waals surface area (Å²) < 4.78 is 0. The maximum absolute atomic E-state index is 12.3. The van der Waals surface area contributed by atoms with Gasteiger partial charge in [0.2, 0.25) is 5.91 Å². The average molecular weight is 266 g/mol. The molecule has 3 heteroatoms. The van der Waals surface area contributed by atoms with Crippen LogP contribution < -0.4 is 0 Å². The molecule has 1 unspecified atom stereocenters. The fraction of sp³-hybridized carbons (Fsp3) is 0.533. The number of hydrogen-bond acceptors (Lipinski definition) is 1. The lowest BCUT2D eigenvalue weighted by Crippen LogP contribution is -2.44. The summed E-state index contributed by atoms with van der Waals surface area (Å²) in [5, 5.41) is 0. The van der Waals surface area contributed by atoms with Gasteiger partial charge in [0.05, 0.1) is 6.42 Å². The Hall–Kier alpha value is -1.02. The van der Waals surface area contributed by atoms with Gasteiger partial charge in [0.1, 0.15) is 0 Å². The highest BCUT2D eigenvalue weighted by atomic mass is 35.5. The van der Waals surface area contributed by atoms with Crippen molar-refractivity contribution in [1.82, 2.24) is 4.90 Å². The van der Waals surface area contributed by atoms with Crippen LogP contribution in [-0.2, 0) is 11.2 Å². The third-order valence-electron chi connectivity index (χ3n) is 3.59. The molecule has 2 rings (SSSR count). The van der Waals surface area contributed by atoms with Crippen LogP contribution in [0, 0.1) is 0 Å². The lowest BCUT2D eigenvalue weighted by atomic mass is 9.99. The Bertz CT molecular complexity index is 377. The summed E-state index contributed by atoms with van der Waals surface area (Å²) in [7, 11) is 0. The topological polar surface area (TPSA) is 20.3 Å². The van der Waals surface area contributed by atoms with Gasteiger partial charge >= 0.3 is 0 Å². The number of piperidine rings is 1. The van der Waals surface area contributed by atoms with Gasteiger partial charge in [-0.25, -0.2) is 0 Å². The van der Waals surface area contributed by atoms with E-state index in [2.05, 4.69) is 0 Å². The van der Waals surface area contributed by atoms with Crippen molar-refractivity contribution in [2.75, 3.05) is 12.4 Å². The van der Waals surface area contributed by atoms with Crippen molar-refractivity contribution >= 4 is 17.5 Å². The normalized spacial score (nSPS) is 19.8. The maximum atomic E-state index is 12.3. The first-order valence-electron chi connectivity index (χ1n) is 6.70. The number of rotatable bonds is 4. The quantitative estimate of drug-likeness (QED) is 0.766. The molecule has 98 valence electrons. The van der Waals surface area contributed by atoms with Crippen molar-refractivity contribution in [2.24, 2.45) is 0 Å². The Kier molecular flexibility index (Phi) is 5.06. The van der Waals surface area contributed by atoms with Gasteiger partial charge in [0.15, 0.2) is 0 Å². The molecule has 0 spiro atoms. The van der Waals surface area contributed by atoms with E-state index in [-0.39, 0.29) is 5.91 Å². The maximum Gasteiger partial charge on any atom is 0.227 e. The van der Waals surface area contributed by atoms with Gasteiger partial charge in [-0.3, -0.25) is 4.79 Å². The fourth-order valence-electron chi connectivity index (χ4n) is 2.63. The zero-order valence-corrected chi connectivity index (χ0v) is 11.4. The predicted molar refractivity (Wildman–Crippen MR) is 74.8 cm³/mol. The molecule has 1 saturated heterocycles. The van der Waals surface area contributed by atoms with E-state index in [1.54, 1.807) is 0 Å². The van der Waals surface area contributed by atoms with Crippen LogP contribution in [0.15, 0.2) is 30.3 Å². The van der Waals surface area contributed by atoms with E-state index in [0.717, 1.165) is 31.4 Å². The molecule has 0 aromatic heterocycles. The molecule has 0 N–H and O–H groups in total. The Labute approximate surface area is 114 Å². The lowest BCUT2D eigenvalue weighted by molar-refractivity contribution is -0.134. The number of alkyl halides is 1. The molecule has 0 radical (unpaired) electrons. The number of benzene rings is 1. The molecular weight excluding hydrogens is 246 g/mol. The first-order valence-corrected chi connectivity index (χ1v) is 7.24. The summed E-state index contributed by atoms with van der Waals surface area (Å²) in [6.07, 6.45) is 4.88. The van der Waals surface area contributed by atoms with E-state index < -0.39 is 0 Å². The highest BCUT2D eigenvalue weighted by Crippen LogP contribution is 2.21. The van der Waals surface area contributed by atoms with Gasteiger partial charge in [-0.1, -0.05) is 30.3 Å². The van der Waals surface area contributed by atoms with E-state index in [1.807, 2.05) is 35.2 Å². The van der Waals surface area contributed by atoms with Gasteiger partial charge in [-0.2, -0.15) is 0 Å². The average Bonchev–Trinajstić information content (AvgIpc) is 2.41. The molecular formula is C15H20ClNO. The van der Waals surface area contributed by atoms with Crippen molar-refractivity contribution in [3.8, 4) is 0 Å². The summed E-state index contributed by atoms with van der Waals surface area (Å²) in [4.78, 5) is 14.4. The molecule has 0 bridgehead atoms. The van der Waals surface area contributed by atoms with E-state index in [9.17, 15) is 4.79 Å². The van der Waals surface area contributed by atoms with Crippen molar-refractivity contribution in [3.05, 3.63) is 35.9 Å². The first kappa shape index (κ1) is 13.4. The standard InChI is InChI=1S/C15H20ClNO/c16-10-9-14-8-4-5-11-17(14)15(18)12-13-6-2-1-3-7-13/h1-3,6-7,14H,4-5,8-12H2. The molecule has 1 amide bonds. The van der Waals surface area contributed by atoms with Crippen molar-refractivity contribution in [2.45, 2.75) is 38.1 Å². The molecule has 0 aliphatic carbocycles. The second-order valence-electron chi connectivity index (χ2n) is 4.88. The van der Waals surface area contributed by atoms with Crippen LogP contribution in [0.1, 0.15) is 31.2 Å². The number of carbonyl (C=O) groups is 1. The van der Waals surface area contributed by atoms with Crippen LogP contribution in [0.5, 0.6) is 0 Å². The largest absolute Gasteiger partial charge is 0.339 e. The zero-order valence-electron chi connectivity index (χ0n) is 10.6. The van der Waals surface area contributed by atoms with Crippen molar-refractivity contribution < 1.29 is 4.79 Å². The van der Waals surface area contributed by atoms with Gasteiger partial charge < -0.3 is 4.90 Å². The molecule has 1 aliphatic rings. The zero-order chi connectivity index (χ0) is 12.8. The summed E-state index contributed by atoms with van der Waals surface area (Å²) in [5.74, 6) is 0.885. The Morgan fingerprint density at radius 1 is 1.28 bits per heavy atom. The third kappa shape index (κ3) is 3.49. The van der Waals surface area contributed by atoms with E-state index >= 15 is 0 Å². The number of amides is 1. The number of hydrogen-bond donors (Lipinski definition) is 0. The number of nitrogens with zero attached hydrogens (tertiary/aromatic N) is 1. The predicted octanol–water partition coefficient (Wildman–Crippen LogP) is 3.24. The number of halogens is 1. The Balaban J connectivity index is 1.98. The minimum atomic E-state index is 0.246. The molecule has 0 saturated carbocycles. The van der Waals surface area contributed by atoms with Crippen LogP contribution >= 0.6 is 11.6 Å². The summed E-state index contributed by atoms with van der Waals surface area (Å²) in [6, 6.07) is 10.3. The Morgan fingerprint density at radius 3 is 2.78 bits per heavy atom. The van der Waals surface area contributed by atoms with Gasteiger partial charge in [-0.05, 0) is 31.2 Å². The first-order chi connectivity index (χ1) is 8.81. The van der Waals surface area contributed by atoms with Crippen LogP contribution in [0.3, 0.4) is 0 Å². The van der Waals surface area contributed by atoms with Crippen LogP contribution in [0.25, 0.3) is 0 Å². The second-order valence-corrected chi connectivity index (χ2v) is 5.25. The molecule has 1 aliphatic heterocycles. The summed E-state index contributed by atoms with van der Waals surface area (Å²) in [6.45, 7) is 0.896. The van der Waals surface area contributed by atoms with Crippen LogP contribution in [0.4, 0.5) is 0 Å².